The molecule has 1 aromatic heterocycles. The lowest BCUT2D eigenvalue weighted by Crippen LogP contribution is -2.12. The van der Waals surface area contributed by atoms with Crippen molar-refractivity contribution in [2.24, 2.45) is 0 Å². The highest BCUT2D eigenvalue weighted by molar-refractivity contribution is 6.04. The number of H-pyrrole nitrogens is 1. The molecule has 6 heteroatoms. The highest BCUT2D eigenvalue weighted by atomic mass is 19.2. The summed E-state index contributed by atoms with van der Waals surface area (Å²) in [5.74, 6) is -2.39. The molecule has 2 N–H and O–H groups in total. The SMILES string of the molecule is Cc1[nH]ncc1C(=O)Nc1ccc(F)c(F)c1. The Hall–Kier alpha value is -2.24. The molecule has 0 atom stereocenters. The van der Waals surface area contributed by atoms with Crippen molar-refractivity contribution in [2.45, 2.75) is 6.92 Å². The molecule has 4 nitrogen and oxygen atoms in total. The number of amides is 1. The minimum Gasteiger partial charge on any atom is -0.322 e. The molecule has 17 heavy (non-hydrogen) atoms. The Kier molecular flexibility index (Phi) is 2.86. The summed E-state index contributed by atoms with van der Waals surface area (Å²) in [5, 5.41) is 8.75. The molecule has 0 fully saturated rings. The van der Waals surface area contributed by atoms with Gasteiger partial charge in [-0.15, -0.1) is 0 Å². The van der Waals surface area contributed by atoms with E-state index in [1.54, 1.807) is 6.92 Å². The van der Waals surface area contributed by atoms with Crippen molar-refractivity contribution < 1.29 is 13.6 Å². The lowest BCUT2D eigenvalue weighted by atomic mass is 10.2. The molecule has 1 amide bonds. The minimum absolute atomic E-state index is 0.189. The van der Waals surface area contributed by atoms with Crippen molar-refractivity contribution in [1.82, 2.24) is 10.2 Å². The summed E-state index contributed by atoms with van der Waals surface area (Å²) in [6.07, 6.45) is 1.37. The monoisotopic (exact) mass is 237 g/mol. The quantitative estimate of drug-likeness (QED) is 0.841. The van der Waals surface area contributed by atoms with Gasteiger partial charge < -0.3 is 5.32 Å². The maximum absolute atomic E-state index is 12.9. The highest BCUT2D eigenvalue weighted by Gasteiger charge is 2.11. The molecule has 0 unspecified atom stereocenters. The molecule has 2 aromatic rings. The van der Waals surface area contributed by atoms with Crippen molar-refractivity contribution in [3.63, 3.8) is 0 Å². The van der Waals surface area contributed by atoms with Gasteiger partial charge in [-0.2, -0.15) is 5.10 Å². The van der Waals surface area contributed by atoms with Crippen molar-refractivity contribution in [3.05, 3.63) is 47.3 Å². The van der Waals surface area contributed by atoms with Crippen molar-refractivity contribution >= 4 is 11.6 Å². The predicted octanol–water partition coefficient (Wildman–Crippen LogP) is 2.25. The number of hydrogen-bond donors (Lipinski definition) is 2. The Bertz CT molecular complexity index is 566. The number of nitrogens with zero attached hydrogens (tertiary/aromatic N) is 1. The van der Waals surface area contributed by atoms with Crippen LogP contribution >= 0.6 is 0 Å². The maximum atomic E-state index is 12.9. The summed E-state index contributed by atoms with van der Waals surface area (Å²) in [6, 6.07) is 3.15. The third-order valence-electron chi connectivity index (χ3n) is 2.25. The number of aromatic amines is 1. The lowest BCUT2D eigenvalue weighted by molar-refractivity contribution is 0.102. The van der Waals surface area contributed by atoms with E-state index in [0.29, 0.717) is 11.3 Å². The fraction of sp³-hybridized carbons (Fsp3) is 0.0909. The second kappa shape index (κ2) is 4.32. The van der Waals surface area contributed by atoms with Crippen LogP contribution in [0.3, 0.4) is 0 Å². The van der Waals surface area contributed by atoms with E-state index in [-0.39, 0.29) is 5.69 Å². The maximum Gasteiger partial charge on any atom is 0.259 e. The van der Waals surface area contributed by atoms with Gasteiger partial charge in [0.2, 0.25) is 0 Å². The fourth-order valence-electron chi connectivity index (χ4n) is 1.35. The largest absolute Gasteiger partial charge is 0.322 e. The first kappa shape index (κ1) is 11.3. The number of carbonyl (C=O) groups is 1. The Labute approximate surface area is 95.7 Å². The summed E-state index contributed by atoms with van der Waals surface area (Å²) in [5.41, 5.74) is 1.15. The van der Waals surface area contributed by atoms with Crippen LogP contribution in [0.4, 0.5) is 14.5 Å². The van der Waals surface area contributed by atoms with E-state index in [2.05, 4.69) is 15.5 Å². The zero-order valence-electron chi connectivity index (χ0n) is 8.92. The molecular weight excluding hydrogens is 228 g/mol. The molecule has 1 aromatic carbocycles. The van der Waals surface area contributed by atoms with Crippen LogP contribution in [0, 0.1) is 18.6 Å². The van der Waals surface area contributed by atoms with Crippen molar-refractivity contribution in [1.29, 1.82) is 0 Å². The van der Waals surface area contributed by atoms with Gasteiger partial charge in [-0.05, 0) is 19.1 Å². The average Bonchev–Trinajstić information content (AvgIpc) is 2.70. The molecule has 1 heterocycles. The fourth-order valence-corrected chi connectivity index (χ4v) is 1.35. The molecule has 0 aliphatic carbocycles. The van der Waals surface area contributed by atoms with Gasteiger partial charge in [-0.3, -0.25) is 9.89 Å². The number of rotatable bonds is 2. The predicted molar refractivity (Wildman–Crippen MR) is 57.6 cm³/mol. The molecule has 0 radical (unpaired) electrons. The van der Waals surface area contributed by atoms with Crippen LogP contribution in [0.15, 0.2) is 24.4 Å². The molecular formula is C11H9F2N3O. The Balaban J connectivity index is 2.19. The first-order chi connectivity index (χ1) is 8.08. The Morgan fingerprint density at radius 1 is 1.35 bits per heavy atom. The summed E-state index contributed by atoms with van der Waals surface area (Å²) in [6.45, 7) is 1.69. The van der Waals surface area contributed by atoms with Gasteiger partial charge in [-0.1, -0.05) is 0 Å². The van der Waals surface area contributed by atoms with E-state index >= 15 is 0 Å². The van der Waals surface area contributed by atoms with Crippen LogP contribution in [0.1, 0.15) is 16.1 Å². The second-order valence-electron chi connectivity index (χ2n) is 3.49. The topological polar surface area (TPSA) is 57.8 Å². The van der Waals surface area contributed by atoms with E-state index in [0.717, 1.165) is 12.1 Å². The van der Waals surface area contributed by atoms with Crippen molar-refractivity contribution in [3.8, 4) is 0 Å². The molecule has 0 saturated carbocycles. The first-order valence-corrected chi connectivity index (χ1v) is 4.84. The van der Waals surface area contributed by atoms with Gasteiger partial charge in [0.05, 0.1) is 11.8 Å². The molecule has 0 bridgehead atoms. The summed E-state index contributed by atoms with van der Waals surface area (Å²) < 4.78 is 25.6. The summed E-state index contributed by atoms with van der Waals surface area (Å²) in [4.78, 5) is 11.7. The van der Waals surface area contributed by atoms with Crippen LogP contribution in [0.2, 0.25) is 0 Å². The lowest BCUT2D eigenvalue weighted by Gasteiger charge is -2.04. The normalized spacial score (nSPS) is 10.3. The summed E-state index contributed by atoms with van der Waals surface area (Å²) in [7, 11) is 0. The number of hydrogen-bond acceptors (Lipinski definition) is 2. The highest BCUT2D eigenvalue weighted by Crippen LogP contribution is 2.14. The van der Waals surface area contributed by atoms with Gasteiger partial charge in [-0.25, -0.2) is 8.78 Å². The zero-order chi connectivity index (χ0) is 12.4. The first-order valence-electron chi connectivity index (χ1n) is 4.84. The van der Waals surface area contributed by atoms with E-state index in [4.69, 9.17) is 0 Å². The van der Waals surface area contributed by atoms with E-state index < -0.39 is 17.5 Å². The van der Waals surface area contributed by atoms with E-state index in [9.17, 15) is 13.6 Å². The van der Waals surface area contributed by atoms with Crippen LogP contribution in [-0.2, 0) is 0 Å². The minimum atomic E-state index is -1.01. The Morgan fingerprint density at radius 2 is 2.12 bits per heavy atom. The summed E-state index contributed by atoms with van der Waals surface area (Å²) >= 11 is 0. The average molecular weight is 237 g/mol. The molecule has 0 aliphatic rings. The van der Waals surface area contributed by atoms with E-state index in [1.165, 1.54) is 12.3 Å². The van der Waals surface area contributed by atoms with Crippen LogP contribution < -0.4 is 5.32 Å². The van der Waals surface area contributed by atoms with Gasteiger partial charge in [0.15, 0.2) is 11.6 Å². The number of halogens is 2. The molecule has 0 saturated heterocycles. The number of nitrogens with one attached hydrogen (secondary N) is 2. The number of benzene rings is 1. The number of anilines is 1. The molecule has 0 spiro atoms. The zero-order valence-corrected chi connectivity index (χ0v) is 8.92. The van der Waals surface area contributed by atoms with Crippen LogP contribution in [0.25, 0.3) is 0 Å². The third-order valence-corrected chi connectivity index (χ3v) is 2.25. The number of aromatic nitrogens is 2. The van der Waals surface area contributed by atoms with Gasteiger partial charge in [0, 0.05) is 17.4 Å². The van der Waals surface area contributed by atoms with Gasteiger partial charge in [0.25, 0.3) is 5.91 Å². The Morgan fingerprint density at radius 3 is 2.71 bits per heavy atom. The smallest absolute Gasteiger partial charge is 0.259 e. The van der Waals surface area contributed by atoms with Gasteiger partial charge in [0.1, 0.15) is 0 Å². The van der Waals surface area contributed by atoms with Crippen molar-refractivity contribution in [2.75, 3.05) is 5.32 Å². The number of carbonyl (C=O) groups excluding carboxylic acids is 1. The van der Waals surface area contributed by atoms with Crippen LogP contribution in [-0.4, -0.2) is 16.1 Å². The molecule has 88 valence electrons. The van der Waals surface area contributed by atoms with Gasteiger partial charge >= 0.3 is 0 Å². The molecule has 0 aliphatic heterocycles. The number of aryl methyl sites for hydroxylation is 1. The van der Waals surface area contributed by atoms with Crippen LogP contribution in [0.5, 0.6) is 0 Å². The van der Waals surface area contributed by atoms with E-state index in [1.807, 2.05) is 0 Å². The molecule has 2 rings (SSSR count). The second-order valence-corrected chi connectivity index (χ2v) is 3.49. The standard InChI is InChI=1S/C11H9F2N3O/c1-6-8(5-14-16-6)11(17)15-7-2-3-9(12)10(13)4-7/h2-5H,1H3,(H,14,16)(H,15,17). The third kappa shape index (κ3) is 2.30.